The molecule has 0 aliphatic heterocycles. The first-order valence-electron chi connectivity index (χ1n) is 9.55. The number of halogens is 1. The van der Waals surface area contributed by atoms with Gasteiger partial charge in [-0.05, 0) is 46.0 Å². The lowest BCUT2D eigenvalue weighted by Crippen LogP contribution is -2.65. The maximum atomic E-state index is 11.9. The third-order valence-corrected chi connectivity index (χ3v) is 5.45. The number of guanidine groups is 1. The van der Waals surface area contributed by atoms with Crippen LogP contribution in [0.1, 0.15) is 59.8 Å². The van der Waals surface area contributed by atoms with Gasteiger partial charge in [-0.1, -0.05) is 13.8 Å². The summed E-state index contributed by atoms with van der Waals surface area (Å²) in [6.07, 6.45) is 5.67. The Bertz CT molecular complexity index is 450. The quantitative estimate of drug-likeness (QED) is 0.277. The molecule has 2 atom stereocenters. The van der Waals surface area contributed by atoms with Crippen molar-refractivity contribution in [1.29, 1.82) is 0 Å². The number of nitrogens with zero attached hydrogens (tertiary/aromatic N) is 1. The number of amides is 1. The molecular weight excluding hydrogens is 431 g/mol. The van der Waals surface area contributed by atoms with Crippen LogP contribution in [0.3, 0.4) is 0 Å². The highest BCUT2D eigenvalue weighted by atomic mass is 127. The van der Waals surface area contributed by atoms with Crippen molar-refractivity contribution in [2.24, 2.45) is 10.4 Å². The number of ether oxygens (including phenoxy) is 1. The summed E-state index contributed by atoms with van der Waals surface area (Å²) >= 11 is 0. The first-order chi connectivity index (χ1) is 11.6. The minimum absolute atomic E-state index is 0. The Hall–Kier alpha value is -0.570. The largest absolute Gasteiger partial charge is 0.378 e. The molecule has 0 spiro atoms. The van der Waals surface area contributed by atoms with Gasteiger partial charge in [-0.3, -0.25) is 4.79 Å². The van der Waals surface area contributed by atoms with Gasteiger partial charge in [0.1, 0.15) is 6.54 Å². The third-order valence-electron chi connectivity index (χ3n) is 5.45. The maximum absolute atomic E-state index is 11.9. The smallest absolute Gasteiger partial charge is 0.242 e. The second kappa shape index (κ2) is 10.5. The van der Waals surface area contributed by atoms with E-state index in [4.69, 9.17) is 4.74 Å². The molecule has 1 amide bonds. The van der Waals surface area contributed by atoms with E-state index in [0.29, 0.717) is 18.2 Å². The van der Waals surface area contributed by atoms with Gasteiger partial charge >= 0.3 is 0 Å². The zero-order valence-corrected chi connectivity index (χ0v) is 18.4. The number of aliphatic imine (C=N–C) groups is 1. The van der Waals surface area contributed by atoms with E-state index >= 15 is 0 Å². The van der Waals surface area contributed by atoms with Crippen molar-refractivity contribution >= 4 is 35.8 Å². The highest BCUT2D eigenvalue weighted by molar-refractivity contribution is 14.0. The first kappa shape index (κ1) is 22.5. The van der Waals surface area contributed by atoms with E-state index in [0.717, 1.165) is 51.2 Å². The Labute approximate surface area is 169 Å². The Morgan fingerprint density at radius 1 is 1.16 bits per heavy atom. The summed E-state index contributed by atoms with van der Waals surface area (Å²) < 4.78 is 5.93. The van der Waals surface area contributed by atoms with E-state index in [-0.39, 0.29) is 41.8 Å². The van der Waals surface area contributed by atoms with E-state index < -0.39 is 0 Å². The monoisotopic (exact) mass is 466 g/mol. The van der Waals surface area contributed by atoms with Gasteiger partial charge in [0.15, 0.2) is 5.96 Å². The molecule has 0 aromatic carbocycles. The fraction of sp³-hybridized carbons (Fsp3) is 0.889. The summed E-state index contributed by atoms with van der Waals surface area (Å²) in [4.78, 5) is 16.3. The Morgan fingerprint density at radius 2 is 1.84 bits per heavy atom. The molecule has 0 saturated heterocycles. The molecule has 6 nitrogen and oxygen atoms in total. The molecular formula is C18H35IN4O2. The van der Waals surface area contributed by atoms with Crippen molar-refractivity contribution in [3.63, 3.8) is 0 Å². The van der Waals surface area contributed by atoms with Gasteiger partial charge in [0.05, 0.1) is 6.10 Å². The lowest BCUT2D eigenvalue weighted by Gasteiger charge is -2.55. The van der Waals surface area contributed by atoms with Gasteiger partial charge in [0.25, 0.3) is 0 Å². The van der Waals surface area contributed by atoms with Crippen LogP contribution in [0.25, 0.3) is 0 Å². The maximum Gasteiger partial charge on any atom is 0.242 e. The molecule has 0 heterocycles. The summed E-state index contributed by atoms with van der Waals surface area (Å²) in [7, 11) is 0. The zero-order valence-electron chi connectivity index (χ0n) is 16.1. The summed E-state index contributed by atoms with van der Waals surface area (Å²) in [6.45, 7) is 10.3. The molecule has 2 aliphatic rings. The van der Waals surface area contributed by atoms with Crippen LogP contribution < -0.4 is 16.0 Å². The average Bonchev–Trinajstić information content (AvgIpc) is 3.36. The van der Waals surface area contributed by atoms with Crippen molar-refractivity contribution in [1.82, 2.24) is 16.0 Å². The third kappa shape index (κ3) is 5.70. The molecule has 2 aliphatic carbocycles. The molecule has 0 bridgehead atoms. The molecule has 3 N–H and O–H groups in total. The Morgan fingerprint density at radius 3 is 2.36 bits per heavy atom. The minimum atomic E-state index is 0. The first-order valence-corrected chi connectivity index (χ1v) is 9.55. The average molecular weight is 466 g/mol. The van der Waals surface area contributed by atoms with Crippen LogP contribution in [0.2, 0.25) is 0 Å². The minimum Gasteiger partial charge on any atom is -0.378 e. The second-order valence-electron chi connectivity index (χ2n) is 6.85. The molecule has 2 saturated carbocycles. The number of nitrogens with one attached hydrogen (secondary N) is 3. The summed E-state index contributed by atoms with van der Waals surface area (Å²) in [5, 5.41) is 9.77. The lowest BCUT2D eigenvalue weighted by atomic mass is 9.58. The fourth-order valence-corrected chi connectivity index (χ4v) is 3.72. The highest BCUT2D eigenvalue weighted by Crippen LogP contribution is 2.48. The van der Waals surface area contributed by atoms with Gasteiger partial charge in [-0.25, -0.2) is 4.99 Å². The van der Waals surface area contributed by atoms with Gasteiger partial charge < -0.3 is 20.7 Å². The second-order valence-corrected chi connectivity index (χ2v) is 6.85. The summed E-state index contributed by atoms with van der Waals surface area (Å²) in [6, 6.07) is 0.725. The van der Waals surface area contributed by atoms with Crippen molar-refractivity contribution in [2.45, 2.75) is 78.0 Å². The topological polar surface area (TPSA) is 74.8 Å². The van der Waals surface area contributed by atoms with E-state index in [1.54, 1.807) is 0 Å². The number of carbonyl (C=O) groups excluding carboxylic acids is 1. The van der Waals surface area contributed by atoms with Crippen LogP contribution in [0.15, 0.2) is 4.99 Å². The van der Waals surface area contributed by atoms with E-state index in [9.17, 15) is 4.79 Å². The molecule has 2 unspecified atom stereocenters. The highest BCUT2D eigenvalue weighted by Gasteiger charge is 2.53. The fourth-order valence-electron chi connectivity index (χ4n) is 3.72. The van der Waals surface area contributed by atoms with Crippen LogP contribution in [0.5, 0.6) is 0 Å². The van der Waals surface area contributed by atoms with Crippen molar-refractivity contribution in [2.75, 3.05) is 19.7 Å². The predicted octanol–water partition coefficient (Wildman–Crippen LogP) is 2.42. The van der Waals surface area contributed by atoms with Gasteiger partial charge in [0, 0.05) is 30.7 Å². The summed E-state index contributed by atoms with van der Waals surface area (Å²) in [5.41, 5.74) is 0.155. The van der Waals surface area contributed by atoms with Crippen LogP contribution in [0, 0.1) is 5.41 Å². The van der Waals surface area contributed by atoms with Crippen molar-refractivity contribution in [3.05, 3.63) is 0 Å². The normalized spacial score (nSPS) is 24.7. The Balaban J connectivity index is 0.00000312. The molecule has 0 aromatic heterocycles. The predicted molar refractivity (Wildman–Crippen MR) is 113 cm³/mol. The van der Waals surface area contributed by atoms with Gasteiger partial charge in [-0.15, -0.1) is 24.0 Å². The van der Waals surface area contributed by atoms with Gasteiger partial charge in [-0.2, -0.15) is 0 Å². The van der Waals surface area contributed by atoms with Crippen LogP contribution in [-0.4, -0.2) is 49.8 Å². The standard InChI is InChI=1S/C18H34N4O2.HI/c1-5-18(6-2)14(11-15(18)24-8-4)22-17(19-7-3)20-12-16(23)21-13-9-10-13;/h13-15H,5-12H2,1-4H3,(H,21,23)(H2,19,20,22);1H. The van der Waals surface area contributed by atoms with E-state index in [1.807, 2.05) is 6.92 Å². The van der Waals surface area contributed by atoms with Crippen LogP contribution in [-0.2, 0) is 9.53 Å². The van der Waals surface area contributed by atoms with E-state index in [1.165, 1.54) is 0 Å². The van der Waals surface area contributed by atoms with Crippen LogP contribution >= 0.6 is 24.0 Å². The molecule has 2 fully saturated rings. The molecule has 7 heteroatoms. The molecule has 146 valence electrons. The lowest BCUT2D eigenvalue weighted by molar-refractivity contribution is -0.133. The molecule has 0 aromatic rings. The molecule has 2 rings (SSSR count). The Kier molecular flexibility index (Phi) is 9.48. The zero-order chi connectivity index (χ0) is 17.6. The van der Waals surface area contributed by atoms with Crippen LogP contribution in [0.4, 0.5) is 0 Å². The number of carbonyl (C=O) groups is 1. The number of rotatable bonds is 9. The number of hydrogen-bond acceptors (Lipinski definition) is 3. The summed E-state index contributed by atoms with van der Waals surface area (Å²) in [5.74, 6) is 0.738. The van der Waals surface area contributed by atoms with Crippen molar-refractivity contribution in [3.8, 4) is 0 Å². The SMILES string of the molecule is CCNC(=NCC(=O)NC1CC1)NC1CC(OCC)C1(CC)CC.I. The van der Waals surface area contributed by atoms with Crippen molar-refractivity contribution < 1.29 is 9.53 Å². The van der Waals surface area contributed by atoms with Gasteiger partial charge in [0.2, 0.25) is 5.91 Å². The molecule has 25 heavy (non-hydrogen) atoms. The van der Waals surface area contributed by atoms with E-state index in [2.05, 4.69) is 41.7 Å². The number of hydrogen-bond donors (Lipinski definition) is 3. The molecule has 0 radical (unpaired) electrons.